The Balaban J connectivity index is 2.75. The van der Waals surface area contributed by atoms with Gasteiger partial charge in [0.1, 0.15) is 0 Å². The molecule has 100 valence electrons. The maximum atomic E-state index is 11.7. The van der Waals surface area contributed by atoms with Gasteiger partial charge in [-0.3, -0.25) is 0 Å². The van der Waals surface area contributed by atoms with Crippen LogP contribution in [-0.4, -0.2) is 14.7 Å². The van der Waals surface area contributed by atoms with Crippen LogP contribution in [-0.2, 0) is 9.84 Å². The molecule has 0 aliphatic heterocycles. The van der Waals surface area contributed by atoms with E-state index >= 15 is 0 Å². The van der Waals surface area contributed by atoms with Crippen molar-refractivity contribution in [3.63, 3.8) is 0 Å². The summed E-state index contributed by atoms with van der Waals surface area (Å²) in [7, 11) is -3.45. The van der Waals surface area contributed by atoms with Gasteiger partial charge in [-0.2, -0.15) is 0 Å². The number of hydrogen-bond donors (Lipinski definition) is 0. The van der Waals surface area contributed by atoms with Gasteiger partial charge in [-0.15, -0.1) is 0 Å². The molecule has 2 rings (SSSR count). The smallest absolute Gasteiger partial charge is 0.177 e. The van der Waals surface area contributed by atoms with Gasteiger partial charge in [-0.05, 0) is 29.8 Å². The average Bonchev–Trinajstić information content (AvgIpc) is 2.30. The van der Waals surface area contributed by atoms with Crippen LogP contribution >= 0.6 is 34.8 Å². The third-order valence-electron chi connectivity index (χ3n) is 2.54. The molecule has 2 aromatic carbocycles. The van der Waals surface area contributed by atoms with Crippen LogP contribution in [0.15, 0.2) is 41.3 Å². The minimum atomic E-state index is -3.45. The number of rotatable bonds is 2. The van der Waals surface area contributed by atoms with E-state index < -0.39 is 9.84 Å². The summed E-state index contributed by atoms with van der Waals surface area (Å²) in [5.41, 5.74) is 1.25. The predicted molar refractivity (Wildman–Crippen MR) is 80.0 cm³/mol. The molecular weight excluding hydrogens is 327 g/mol. The normalized spacial score (nSPS) is 11.6. The highest BCUT2D eigenvalue weighted by atomic mass is 35.5. The topological polar surface area (TPSA) is 34.1 Å². The lowest BCUT2D eigenvalue weighted by Gasteiger charge is -2.10. The molecule has 0 fully saturated rings. The molecule has 0 radical (unpaired) electrons. The van der Waals surface area contributed by atoms with Crippen molar-refractivity contribution in [2.75, 3.05) is 6.26 Å². The first-order chi connectivity index (χ1) is 8.79. The summed E-state index contributed by atoms with van der Waals surface area (Å²) >= 11 is 18.1. The van der Waals surface area contributed by atoms with Crippen LogP contribution in [0.4, 0.5) is 0 Å². The highest BCUT2D eigenvalue weighted by Crippen LogP contribution is 2.36. The van der Waals surface area contributed by atoms with E-state index in [0.717, 1.165) is 6.26 Å². The maximum Gasteiger partial charge on any atom is 0.177 e. The van der Waals surface area contributed by atoms with Gasteiger partial charge in [-0.1, -0.05) is 46.9 Å². The van der Waals surface area contributed by atoms with E-state index in [1.165, 1.54) is 6.07 Å². The highest BCUT2D eigenvalue weighted by Gasteiger charge is 2.17. The monoisotopic (exact) mass is 334 g/mol. The van der Waals surface area contributed by atoms with Crippen molar-refractivity contribution in [2.45, 2.75) is 4.90 Å². The molecule has 0 spiro atoms. The Kier molecular flexibility index (Phi) is 4.11. The van der Waals surface area contributed by atoms with Crippen molar-refractivity contribution in [2.24, 2.45) is 0 Å². The first-order valence-electron chi connectivity index (χ1n) is 5.24. The summed E-state index contributed by atoms with van der Waals surface area (Å²) in [6.07, 6.45) is 1.09. The van der Waals surface area contributed by atoms with Crippen LogP contribution in [0.2, 0.25) is 15.1 Å². The predicted octanol–water partition coefficient (Wildman–Crippen LogP) is 4.72. The molecule has 0 unspecified atom stereocenters. The van der Waals surface area contributed by atoms with Crippen LogP contribution < -0.4 is 0 Å². The molecule has 0 atom stereocenters. The molecule has 2 nitrogen and oxygen atoms in total. The maximum absolute atomic E-state index is 11.7. The van der Waals surface area contributed by atoms with Gasteiger partial charge in [0.25, 0.3) is 0 Å². The van der Waals surface area contributed by atoms with Gasteiger partial charge in [-0.25, -0.2) is 8.42 Å². The van der Waals surface area contributed by atoms with E-state index in [2.05, 4.69) is 0 Å². The standard InChI is InChI=1S/C13H9Cl3O2S/c1-19(17,18)12-7-10(15)6-11(13(12)16)8-3-2-4-9(14)5-8/h2-7H,1H3. The molecule has 0 aromatic heterocycles. The minimum Gasteiger partial charge on any atom is -0.224 e. The number of hydrogen-bond acceptors (Lipinski definition) is 2. The molecule has 0 bridgehead atoms. The van der Waals surface area contributed by atoms with Gasteiger partial charge < -0.3 is 0 Å². The largest absolute Gasteiger partial charge is 0.224 e. The average molecular weight is 336 g/mol. The summed E-state index contributed by atoms with van der Waals surface area (Å²) in [4.78, 5) is 0.0108. The van der Waals surface area contributed by atoms with Crippen molar-refractivity contribution in [3.8, 4) is 11.1 Å². The van der Waals surface area contributed by atoms with Gasteiger partial charge in [0.05, 0.1) is 9.92 Å². The lowest BCUT2D eigenvalue weighted by molar-refractivity contribution is 0.602. The Morgan fingerprint density at radius 3 is 2.21 bits per heavy atom. The molecule has 19 heavy (non-hydrogen) atoms. The summed E-state index contributed by atoms with van der Waals surface area (Å²) in [6, 6.07) is 9.92. The molecule has 0 N–H and O–H groups in total. The van der Waals surface area contributed by atoms with E-state index in [4.69, 9.17) is 34.8 Å². The Bertz CT molecular complexity index is 740. The van der Waals surface area contributed by atoms with E-state index in [1.54, 1.807) is 30.3 Å². The third kappa shape index (κ3) is 3.23. The Morgan fingerprint density at radius 2 is 1.63 bits per heavy atom. The van der Waals surface area contributed by atoms with Gasteiger partial charge in [0, 0.05) is 21.9 Å². The second kappa shape index (κ2) is 5.33. The second-order valence-electron chi connectivity index (χ2n) is 4.05. The summed E-state index contributed by atoms with van der Waals surface area (Å²) < 4.78 is 23.4. The highest BCUT2D eigenvalue weighted by molar-refractivity contribution is 7.90. The second-order valence-corrected chi connectivity index (χ2v) is 7.28. The van der Waals surface area contributed by atoms with Crippen LogP contribution in [0.25, 0.3) is 11.1 Å². The summed E-state index contributed by atoms with van der Waals surface area (Å²) in [6.45, 7) is 0. The first kappa shape index (κ1) is 14.7. The lowest BCUT2D eigenvalue weighted by atomic mass is 10.1. The Hall–Kier alpha value is -0.740. The Labute approximate surface area is 126 Å². The summed E-state index contributed by atoms with van der Waals surface area (Å²) in [5, 5.41) is 0.989. The fraction of sp³-hybridized carbons (Fsp3) is 0.0769. The lowest BCUT2D eigenvalue weighted by Crippen LogP contribution is -1.99. The van der Waals surface area contributed by atoms with Crippen molar-refractivity contribution < 1.29 is 8.42 Å². The van der Waals surface area contributed by atoms with Crippen molar-refractivity contribution >= 4 is 44.6 Å². The molecular formula is C13H9Cl3O2S. The number of benzene rings is 2. The SMILES string of the molecule is CS(=O)(=O)c1cc(Cl)cc(-c2cccc(Cl)c2)c1Cl. The molecule has 0 heterocycles. The molecule has 0 amide bonds. The van der Waals surface area contributed by atoms with E-state index in [9.17, 15) is 8.42 Å². The van der Waals surface area contributed by atoms with E-state index in [1.807, 2.05) is 0 Å². The zero-order chi connectivity index (χ0) is 14.2. The Morgan fingerprint density at radius 1 is 0.947 bits per heavy atom. The van der Waals surface area contributed by atoms with Crippen molar-refractivity contribution in [1.29, 1.82) is 0 Å². The van der Waals surface area contributed by atoms with Crippen molar-refractivity contribution in [3.05, 3.63) is 51.5 Å². The minimum absolute atomic E-state index is 0.0108. The van der Waals surface area contributed by atoms with E-state index in [0.29, 0.717) is 21.2 Å². The first-order valence-corrected chi connectivity index (χ1v) is 8.26. The third-order valence-corrected chi connectivity index (χ3v) is 4.63. The fourth-order valence-corrected chi connectivity index (χ4v) is 3.59. The van der Waals surface area contributed by atoms with Crippen LogP contribution in [0.1, 0.15) is 0 Å². The molecule has 0 saturated carbocycles. The fourth-order valence-electron chi connectivity index (χ4n) is 1.70. The molecule has 0 saturated heterocycles. The van der Waals surface area contributed by atoms with Crippen LogP contribution in [0.3, 0.4) is 0 Å². The quantitative estimate of drug-likeness (QED) is 0.796. The van der Waals surface area contributed by atoms with Crippen LogP contribution in [0.5, 0.6) is 0 Å². The van der Waals surface area contributed by atoms with Crippen molar-refractivity contribution in [1.82, 2.24) is 0 Å². The number of halogens is 3. The summed E-state index contributed by atoms with van der Waals surface area (Å²) in [5.74, 6) is 0. The zero-order valence-electron chi connectivity index (χ0n) is 9.82. The van der Waals surface area contributed by atoms with Crippen LogP contribution in [0, 0.1) is 0 Å². The van der Waals surface area contributed by atoms with Gasteiger partial charge in [0.15, 0.2) is 9.84 Å². The van der Waals surface area contributed by atoms with E-state index in [-0.39, 0.29) is 9.92 Å². The zero-order valence-corrected chi connectivity index (χ0v) is 12.9. The molecule has 0 aliphatic carbocycles. The molecule has 0 aliphatic rings. The number of sulfone groups is 1. The van der Waals surface area contributed by atoms with Gasteiger partial charge in [0.2, 0.25) is 0 Å². The molecule has 6 heteroatoms. The molecule has 2 aromatic rings. The van der Waals surface area contributed by atoms with Gasteiger partial charge >= 0.3 is 0 Å².